The molecule has 0 aliphatic carbocycles. The highest BCUT2D eigenvalue weighted by Gasteiger charge is 2.19. The molecule has 0 saturated heterocycles. The Kier molecular flexibility index (Phi) is 5.96. The third-order valence-electron chi connectivity index (χ3n) is 11.3. The number of aromatic nitrogens is 2. The van der Waals surface area contributed by atoms with Gasteiger partial charge in [-0.3, -0.25) is 0 Å². The summed E-state index contributed by atoms with van der Waals surface area (Å²) in [6, 6.07) is 67.3. The number of fused-ring (bicyclic) bond motifs is 12. The summed E-state index contributed by atoms with van der Waals surface area (Å²) in [5.41, 5.74) is 9.73. The van der Waals surface area contributed by atoms with Gasteiger partial charge in [0.15, 0.2) is 0 Å². The van der Waals surface area contributed by atoms with Crippen molar-refractivity contribution in [3.8, 4) is 22.5 Å². The fourth-order valence-electron chi connectivity index (χ4n) is 8.90. The molecule has 0 amide bonds. The van der Waals surface area contributed by atoms with Crippen molar-refractivity contribution in [3.05, 3.63) is 182 Å². The van der Waals surface area contributed by atoms with Crippen LogP contribution in [0.1, 0.15) is 0 Å². The van der Waals surface area contributed by atoms with Gasteiger partial charge in [-0.05, 0) is 76.5 Å². The van der Waals surface area contributed by atoms with Gasteiger partial charge in [0, 0.05) is 58.2 Å². The van der Waals surface area contributed by atoms with Crippen molar-refractivity contribution in [2.24, 2.45) is 0 Å². The van der Waals surface area contributed by atoms with Crippen molar-refractivity contribution in [2.75, 3.05) is 0 Å². The van der Waals surface area contributed by atoms with Crippen LogP contribution in [0.4, 0.5) is 0 Å². The molecular formula is C50H30N2S. The molecule has 0 aliphatic rings. The molecule has 12 aromatic rings. The summed E-state index contributed by atoms with van der Waals surface area (Å²) in [5.74, 6) is 0. The topological polar surface area (TPSA) is 9.86 Å². The minimum Gasteiger partial charge on any atom is -0.309 e. The number of hydrogen-bond acceptors (Lipinski definition) is 1. The second-order valence-electron chi connectivity index (χ2n) is 14.1. The third-order valence-corrected chi connectivity index (χ3v) is 12.4. The van der Waals surface area contributed by atoms with Gasteiger partial charge in [-0.1, -0.05) is 127 Å². The predicted molar refractivity (Wildman–Crippen MR) is 228 cm³/mol. The lowest BCUT2D eigenvalue weighted by Crippen LogP contribution is -1.95. The molecule has 0 N–H and O–H groups in total. The predicted octanol–water partition coefficient (Wildman–Crippen LogP) is 14.2. The maximum atomic E-state index is 2.49. The first kappa shape index (κ1) is 29.0. The molecular weight excluding hydrogens is 661 g/mol. The molecule has 0 aliphatic heterocycles. The average molecular weight is 691 g/mol. The Balaban J connectivity index is 1.09. The Morgan fingerprint density at radius 1 is 0.321 bits per heavy atom. The summed E-state index contributed by atoms with van der Waals surface area (Å²) in [7, 11) is 0. The van der Waals surface area contributed by atoms with E-state index in [9.17, 15) is 0 Å². The molecule has 0 fully saturated rings. The van der Waals surface area contributed by atoms with E-state index < -0.39 is 0 Å². The van der Waals surface area contributed by atoms with E-state index in [1.165, 1.54) is 108 Å². The Morgan fingerprint density at radius 2 is 0.906 bits per heavy atom. The van der Waals surface area contributed by atoms with Crippen LogP contribution in [0.3, 0.4) is 0 Å². The first-order chi connectivity index (χ1) is 26.3. The van der Waals surface area contributed by atoms with Crippen LogP contribution in [0.25, 0.3) is 108 Å². The van der Waals surface area contributed by atoms with E-state index in [4.69, 9.17) is 0 Å². The summed E-state index contributed by atoms with van der Waals surface area (Å²) < 4.78 is 7.56. The molecule has 0 unspecified atom stereocenters. The minimum atomic E-state index is 1.19. The lowest BCUT2D eigenvalue weighted by Gasteiger charge is -2.12. The number of thiophene rings is 1. The van der Waals surface area contributed by atoms with E-state index in [2.05, 4.69) is 191 Å². The van der Waals surface area contributed by atoms with Crippen molar-refractivity contribution in [1.82, 2.24) is 9.13 Å². The number of hydrogen-bond donors (Lipinski definition) is 0. The molecule has 3 heterocycles. The highest BCUT2D eigenvalue weighted by Crippen LogP contribution is 2.42. The van der Waals surface area contributed by atoms with Crippen molar-refractivity contribution in [3.63, 3.8) is 0 Å². The standard InChI is InChI=1S/C50H30N2S/c1-3-13-36-31(10-1)12-9-18-44(36)52-45-17-7-5-15-38(45)42-28-33(22-27-47(42)52)34-21-26-46-43(29-34)41-24-20-32-11-2-4-14-37(32)50(41)51(46)35-23-25-40-39-16-6-8-19-48(39)53-49(40)30-35/h1-30H. The maximum Gasteiger partial charge on any atom is 0.0619 e. The number of benzene rings is 9. The van der Waals surface area contributed by atoms with E-state index in [1.54, 1.807) is 0 Å². The SMILES string of the molecule is c1ccc2c(-n3c4ccccc4c4cc(-c5ccc6c(c5)c5ccc7ccccc7c5n6-c5ccc6c(c5)sc5ccccc56)ccc43)cccc2c1. The van der Waals surface area contributed by atoms with Crippen LogP contribution in [0, 0.1) is 0 Å². The molecule has 2 nitrogen and oxygen atoms in total. The van der Waals surface area contributed by atoms with Crippen molar-refractivity contribution < 1.29 is 0 Å². The van der Waals surface area contributed by atoms with E-state index in [0.717, 1.165) is 0 Å². The van der Waals surface area contributed by atoms with Gasteiger partial charge < -0.3 is 9.13 Å². The van der Waals surface area contributed by atoms with Crippen LogP contribution in [-0.4, -0.2) is 9.13 Å². The largest absolute Gasteiger partial charge is 0.309 e. The second-order valence-corrected chi connectivity index (χ2v) is 15.2. The highest BCUT2D eigenvalue weighted by atomic mass is 32.1. The van der Waals surface area contributed by atoms with Gasteiger partial charge in [0.25, 0.3) is 0 Å². The second kappa shape index (κ2) is 10.9. The van der Waals surface area contributed by atoms with Crippen LogP contribution in [0.15, 0.2) is 182 Å². The molecule has 0 atom stereocenters. The van der Waals surface area contributed by atoms with Crippen molar-refractivity contribution in [1.29, 1.82) is 0 Å². The molecule has 246 valence electrons. The van der Waals surface area contributed by atoms with Crippen LogP contribution in [-0.2, 0) is 0 Å². The van der Waals surface area contributed by atoms with Gasteiger partial charge in [-0.2, -0.15) is 0 Å². The first-order valence-electron chi connectivity index (χ1n) is 18.2. The number of nitrogens with zero attached hydrogens (tertiary/aromatic N) is 2. The van der Waals surface area contributed by atoms with E-state index in [0.29, 0.717) is 0 Å². The molecule has 0 bridgehead atoms. The Hall–Kier alpha value is -6.68. The lowest BCUT2D eigenvalue weighted by molar-refractivity contribution is 1.19. The van der Waals surface area contributed by atoms with Crippen molar-refractivity contribution in [2.45, 2.75) is 0 Å². The number of para-hydroxylation sites is 1. The molecule has 0 spiro atoms. The van der Waals surface area contributed by atoms with Crippen LogP contribution in [0.2, 0.25) is 0 Å². The molecule has 0 saturated carbocycles. The zero-order chi connectivity index (χ0) is 34.6. The smallest absolute Gasteiger partial charge is 0.0619 e. The maximum absolute atomic E-state index is 2.49. The molecule has 0 radical (unpaired) electrons. The zero-order valence-electron chi connectivity index (χ0n) is 28.6. The normalized spacial score (nSPS) is 12.2. The van der Waals surface area contributed by atoms with E-state index >= 15 is 0 Å². The van der Waals surface area contributed by atoms with E-state index in [1.807, 2.05) is 11.3 Å². The van der Waals surface area contributed by atoms with Gasteiger partial charge in [-0.15, -0.1) is 11.3 Å². The minimum absolute atomic E-state index is 1.19. The number of rotatable bonds is 3. The fraction of sp³-hybridized carbons (Fsp3) is 0. The monoisotopic (exact) mass is 690 g/mol. The van der Waals surface area contributed by atoms with Crippen LogP contribution in [0.5, 0.6) is 0 Å². The molecule has 9 aromatic carbocycles. The summed E-state index contributed by atoms with van der Waals surface area (Å²) in [5, 5.41) is 12.7. The van der Waals surface area contributed by atoms with E-state index in [-0.39, 0.29) is 0 Å². The Bertz CT molecular complexity index is 3460. The van der Waals surface area contributed by atoms with Gasteiger partial charge in [-0.25, -0.2) is 0 Å². The first-order valence-corrected chi connectivity index (χ1v) is 19.0. The van der Waals surface area contributed by atoms with Crippen LogP contribution >= 0.6 is 11.3 Å². The summed E-state index contributed by atoms with van der Waals surface area (Å²) >= 11 is 1.87. The van der Waals surface area contributed by atoms with Gasteiger partial charge in [0.05, 0.1) is 27.8 Å². The highest BCUT2D eigenvalue weighted by molar-refractivity contribution is 7.25. The molecule has 12 rings (SSSR count). The molecule has 3 aromatic heterocycles. The Morgan fingerprint density at radius 3 is 1.74 bits per heavy atom. The van der Waals surface area contributed by atoms with Gasteiger partial charge in [0.2, 0.25) is 0 Å². The quantitative estimate of drug-likeness (QED) is 0.175. The summed E-state index contributed by atoms with van der Waals surface area (Å²) in [6.45, 7) is 0. The molecule has 3 heteroatoms. The van der Waals surface area contributed by atoms with Crippen molar-refractivity contribution >= 4 is 96.7 Å². The van der Waals surface area contributed by atoms with Crippen LogP contribution < -0.4 is 0 Å². The molecule has 53 heavy (non-hydrogen) atoms. The summed E-state index contributed by atoms with van der Waals surface area (Å²) in [6.07, 6.45) is 0. The fourth-order valence-corrected chi connectivity index (χ4v) is 10.0. The zero-order valence-corrected chi connectivity index (χ0v) is 29.4. The van der Waals surface area contributed by atoms with Gasteiger partial charge in [0.1, 0.15) is 0 Å². The average Bonchev–Trinajstić information content (AvgIpc) is 3.87. The van der Waals surface area contributed by atoms with Gasteiger partial charge >= 0.3 is 0 Å². The Labute approximate surface area is 309 Å². The summed E-state index contributed by atoms with van der Waals surface area (Å²) in [4.78, 5) is 0. The third kappa shape index (κ3) is 4.14. The lowest BCUT2D eigenvalue weighted by atomic mass is 10.00.